The molecule has 2 heterocycles. The summed E-state index contributed by atoms with van der Waals surface area (Å²) in [6.07, 6.45) is -3.58. The van der Waals surface area contributed by atoms with Crippen molar-refractivity contribution in [1.82, 2.24) is 4.90 Å². The van der Waals surface area contributed by atoms with Crippen LogP contribution in [0.15, 0.2) is 16.5 Å². The number of likely N-dealkylation sites (tertiary alicyclic amines) is 1. The molecule has 13 heteroatoms. The number of Topliss-reactive ketones (excluding diaryl/α,β-unsaturated/α-hetero) is 1. The number of halogens is 2. The van der Waals surface area contributed by atoms with E-state index in [2.05, 4.69) is 4.90 Å². The third kappa shape index (κ3) is 8.37. The van der Waals surface area contributed by atoms with Crippen molar-refractivity contribution in [3.63, 3.8) is 0 Å². The second kappa shape index (κ2) is 12.4. The number of piperidine rings is 1. The number of carboxylic acids is 2. The Balaban J connectivity index is 0.000000432. The number of benzene rings is 1. The number of carboxylic acid groups (broad SMARTS) is 2. The minimum atomic E-state index is -2.27. The van der Waals surface area contributed by atoms with E-state index < -0.39 is 35.4 Å². The quantitative estimate of drug-likeness (QED) is 0.195. The standard InChI is InChI=1S/C21H28ClFN2O3.C4H6O6/c1-13-10-15-18(24)16(22)11-14(19(15)28-13)17(26)4-5-21(23)6-8-25(9-7-21)12-20(2,3)27;5-1(3(7)8)2(6)4(9)10/h10-11,27H,4-9,12,24H2,1-3H3;1-2,5-6H,(H,7,8)(H,9,10). The fraction of sp³-hybridized carbons (Fsp3) is 0.560. The first-order valence-corrected chi connectivity index (χ1v) is 12.3. The molecule has 1 aliphatic heterocycles. The Kier molecular flexibility index (Phi) is 10.3. The Morgan fingerprint density at radius 1 is 1.16 bits per heavy atom. The number of aliphatic hydroxyl groups is 3. The van der Waals surface area contributed by atoms with Gasteiger partial charge in [0.25, 0.3) is 0 Å². The third-order valence-corrected chi connectivity index (χ3v) is 6.50. The number of anilines is 1. The van der Waals surface area contributed by atoms with Crippen LogP contribution in [-0.2, 0) is 9.59 Å². The molecule has 38 heavy (non-hydrogen) atoms. The number of β-amino-alcohol motifs (C(OH)–C–C–N with tert-alkyl or cyclic N) is 1. The number of ketones is 1. The summed E-state index contributed by atoms with van der Waals surface area (Å²) in [5.41, 5.74) is 4.96. The van der Waals surface area contributed by atoms with Crippen LogP contribution in [0, 0.1) is 6.92 Å². The molecule has 3 rings (SSSR count). The number of aliphatic carboxylic acids is 2. The van der Waals surface area contributed by atoms with E-state index in [1.54, 1.807) is 26.8 Å². The zero-order valence-corrected chi connectivity index (χ0v) is 22.2. The number of nitrogens with zero attached hydrogens (tertiary/aromatic N) is 1. The number of fused-ring (bicyclic) bond motifs is 1. The Bertz CT molecular complexity index is 1150. The predicted octanol–water partition coefficient (Wildman–Crippen LogP) is 2.39. The molecule has 0 bridgehead atoms. The number of alkyl halides is 1. The lowest BCUT2D eigenvalue weighted by Gasteiger charge is -2.38. The average Bonchev–Trinajstić information content (AvgIpc) is 3.21. The first-order valence-electron chi connectivity index (χ1n) is 11.9. The zero-order valence-electron chi connectivity index (χ0n) is 21.4. The molecule has 0 spiro atoms. The largest absolute Gasteiger partial charge is 0.479 e. The van der Waals surface area contributed by atoms with Crippen LogP contribution < -0.4 is 5.73 Å². The number of nitrogen functional groups attached to an aromatic ring is 1. The molecule has 0 amide bonds. The van der Waals surface area contributed by atoms with E-state index in [4.69, 9.17) is 42.2 Å². The molecule has 1 saturated heterocycles. The first kappa shape index (κ1) is 31.4. The maximum Gasteiger partial charge on any atom is 0.335 e. The SMILES string of the molecule is Cc1cc2c(N)c(Cl)cc(C(=O)CCC3(F)CCN(CC(C)(C)O)CC3)c2o1.O=C(O)C(O)C(O)C(=O)O. The minimum Gasteiger partial charge on any atom is -0.479 e. The predicted molar refractivity (Wildman–Crippen MR) is 137 cm³/mol. The summed E-state index contributed by atoms with van der Waals surface area (Å²) in [5, 5.41) is 43.4. The molecule has 2 unspecified atom stereocenters. The second-order valence-corrected chi connectivity index (χ2v) is 10.6. The molecule has 0 radical (unpaired) electrons. The summed E-state index contributed by atoms with van der Waals surface area (Å²) in [6, 6.07) is 3.27. The third-order valence-electron chi connectivity index (χ3n) is 6.19. The van der Waals surface area contributed by atoms with Gasteiger partial charge in [-0.05, 0) is 52.2 Å². The molecular formula is C25H34ClFN2O9. The van der Waals surface area contributed by atoms with Crippen LogP contribution >= 0.6 is 11.6 Å². The van der Waals surface area contributed by atoms with Gasteiger partial charge in [0.2, 0.25) is 0 Å². The molecule has 1 fully saturated rings. The van der Waals surface area contributed by atoms with Crippen LogP contribution in [0.25, 0.3) is 11.0 Å². The van der Waals surface area contributed by atoms with Crippen LogP contribution in [0.1, 0.15) is 55.6 Å². The maximum atomic E-state index is 15.2. The van der Waals surface area contributed by atoms with E-state index in [1.165, 1.54) is 6.07 Å². The fourth-order valence-corrected chi connectivity index (χ4v) is 4.38. The lowest BCUT2D eigenvalue weighted by molar-refractivity contribution is -0.165. The Morgan fingerprint density at radius 3 is 2.16 bits per heavy atom. The Labute approximate surface area is 223 Å². The fourth-order valence-electron chi connectivity index (χ4n) is 4.17. The van der Waals surface area contributed by atoms with Crippen LogP contribution in [0.4, 0.5) is 10.1 Å². The van der Waals surface area contributed by atoms with Gasteiger partial charge in [-0.3, -0.25) is 4.79 Å². The van der Waals surface area contributed by atoms with E-state index in [0.717, 1.165) is 0 Å². The molecule has 212 valence electrons. The van der Waals surface area contributed by atoms with E-state index in [9.17, 15) is 19.5 Å². The highest BCUT2D eigenvalue weighted by Crippen LogP contribution is 2.36. The summed E-state index contributed by atoms with van der Waals surface area (Å²) in [4.78, 5) is 34.4. The normalized spacial score (nSPS) is 17.4. The number of rotatable bonds is 9. The van der Waals surface area contributed by atoms with Crippen LogP contribution in [0.5, 0.6) is 0 Å². The van der Waals surface area contributed by atoms with Crippen LogP contribution in [-0.4, -0.2) is 91.3 Å². The van der Waals surface area contributed by atoms with Gasteiger partial charge in [-0.15, -0.1) is 0 Å². The second-order valence-electron chi connectivity index (χ2n) is 10.1. The molecule has 0 saturated carbocycles. The number of hydrogen-bond acceptors (Lipinski definition) is 9. The van der Waals surface area contributed by atoms with Gasteiger partial charge in [-0.2, -0.15) is 0 Å². The summed E-state index contributed by atoms with van der Waals surface area (Å²) in [5.74, 6) is -3.10. The molecule has 0 aliphatic carbocycles. The van der Waals surface area contributed by atoms with E-state index in [0.29, 0.717) is 65.5 Å². The molecule has 1 aliphatic rings. The Morgan fingerprint density at radius 2 is 1.68 bits per heavy atom. The molecule has 11 nitrogen and oxygen atoms in total. The van der Waals surface area contributed by atoms with E-state index in [1.807, 2.05) is 0 Å². The smallest absolute Gasteiger partial charge is 0.335 e. The van der Waals surface area contributed by atoms with Crippen LogP contribution in [0.2, 0.25) is 5.02 Å². The number of hydrogen-bond donors (Lipinski definition) is 6. The summed E-state index contributed by atoms with van der Waals surface area (Å²) < 4.78 is 20.9. The number of aliphatic hydroxyl groups excluding tert-OH is 2. The van der Waals surface area contributed by atoms with Gasteiger partial charge in [-0.1, -0.05) is 11.6 Å². The highest BCUT2D eigenvalue weighted by Gasteiger charge is 2.36. The van der Waals surface area contributed by atoms with Gasteiger partial charge < -0.3 is 40.6 Å². The number of carbonyl (C=O) groups is 3. The Hall–Kier alpha value is -2.77. The first-order chi connectivity index (χ1) is 17.4. The van der Waals surface area contributed by atoms with Crippen molar-refractivity contribution in [3.8, 4) is 0 Å². The van der Waals surface area contributed by atoms with Crippen molar-refractivity contribution in [2.75, 3.05) is 25.4 Å². The van der Waals surface area contributed by atoms with E-state index in [-0.39, 0.29) is 18.6 Å². The van der Waals surface area contributed by atoms with Crippen molar-refractivity contribution in [1.29, 1.82) is 0 Å². The topological polar surface area (TPSA) is 195 Å². The van der Waals surface area contributed by atoms with Gasteiger partial charge >= 0.3 is 11.9 Å². The van der Waals surface area contributed by atoms with Crippen molar-refractivity contribution in [2.45, 2.75) is 69.9 Å². The zero-order chi connectivity index (χ0) is 29.0. The molecular weight excluding hydrogens is 527 g/mol. The lowest BCUT2D eigenvalue weighted by Crippen LogP contribution is -2.47. The lowest BCUT2D eigenvalue weighted by atomic mass is 9.86. The van der Waals surface area contributed by atoms with Gasteiger partial charge in [-0.25, -0.2) is 14.0 Å². The summed E-state index contributed by atoms with van der Waals surface area (Å²) in [7, 11) is 0. The van der Waals surface area contributed by atoms with Gasteiger partial charge in [0.05, 0.1) is 21.9 Å². The number of furan rings is 1. The average molecular weight is 561 g/mol. The van der Waals surface area contributed by atoms with E-state index >= 15 is 4.39 Å². The van der Waals surface area contributed by atoms with Gasteiger partial charge in [0, 0.05) is 31.4 Å². The summed E-state index contributed by atoms with van der Waals surface area (Å²) >= 11 is 6.17. The monoisotopic (exact) mass is 560 g/mol. The highest BCUT2D eigenvalue weighted by atomic mass is 35.5. The van der Waals surface area contributed by atoms with Crippen molar-refractivity contribution < 1.29 is 48.7 Å². The summed E-state index contributed by atoms with van der Waals surface area (Å²) in [6.45, 7) is 6.94. The maximum absolute atomic E-state index is 15.2. The van der Waals surface area contributed by atoms with Crippen molar-refractivity contribution >= 4 is 46.0 Å². The van der Waals surface area contributed by atoms with Gasteiger partial charge in [0.1, 0.15) is 17.0 Å². The van der Waals surface area contributed by atoms with Crippen molar-refractivity contribution in [2.24, 2.45) is 0 Å². The number of aryl methyl sites for hydroxylation is 1. The molecule has 7 N–H and O–H groups in total. The molecule has 2 atom stereocenters. The van der Waals surface area contributed by atoms with Gasteiger partial charge in [0.15, 0.2) is 18.0 Å². The number of nitrogens with two attached hydrogens (primary N) is 1. The number of carbonyl (C=O) groups excluding carboxylic acids is 1. The molecule has 1 aromatic heterocycles. The molecule has 2 aromatic rings. The minimum absolute atomic E-state index is 0.0804. The van der Waals surface area contributed by atoms with Crippen molar-refractivity contribution in [3.05, 3.63) is 28.5 Å². The molecule has 1 aromatic carbocycles. The highest BCUT2D eigenvalue weighted by molar-refractivity contribution is 6.35. The van der Waals surface area contributed by atoms with Crippen LogP contribution in [0.3, 0.4) is 0 Å².